The zero-order valence-corrected chi connectivity index (χ0v) is 6.21. The van der Waals surface area contributed by atoms with Crippen LogP contribution in [0.3, 0.4) is 0 Å². The molecule has 1 radical (unpaired) electrons. The number of carbonyl (C=O) groups excluding carboxylic acids is 1. The van der Waals surface area contributed by atoms with E-state index < -0.39 is 0 Å². The van der Waals surface area contributed by atoms with Crippen molar-refractivity contribution < 1.29 is 4.79 Å². The normalized spacial score (nSPS) is 15.7. The highest BCUT2D eigenvalue weighted by atomic mass is 16.2. The Hall–Kier alpha value is -1.71. The first-order chi connectivity index (χ1) is 5.86. The molecule has 0 aliphatic carbocycles. The second kappa shape index (κ2) is 2.73. The van der Waals surface area contributed by atoms with Gasteiger partial charge in [0.2, 0.25) is 0 Å². The van der Waals surface area contributed by atoms with Gasteiger partial charge in [0.05, 0.1) is 5.69 Å². The molecule has 2 rings (SSSR count). The molecule has 12 heavy (non-hydrogen) atoms. The van der Waals surface area contributed by atoms with Crippen LogP contribution in [0.25, 0.3) is 0 Å². The molecular formula is C8H6N3O. The first-order valence-corrected chi connectivity index (χ1v) is 3.51. The van der Waals surface area contributed by atoms with Crippen molar-refractivity contribution in [2.75, 3.05) is 5.01 Å². The van der Waals surface area contributed by atoms with Crippen LogP contribution in [-0.2, 0) is 4.79 Å². The van der Waals surface area contributed by atoms with Crippen LogP contribution >= 0.6 is 0 Å². The third kappa shape index (κ3) is 1.18. The molecule has 0 atom stereocenters. The Morgan fingerprint density at radius 3 is 2.50 bits per heavy atom. The van der Waals surface area contributed by atoms with Gasteiger partial charge in [0.15, 0.2) is 6.54 Å². The van der Waals surface area contributed by atoms with E-state index in [1.807, 2.05) is 30.3 Å². The van der Waals surface area contributed by atoms with Gasteiger partial charge in [-0.1, -0.05) is 28.5 Å². The van der Waals surface area contributed by atoms with Gasteiger partial charge in [-0.05, 0) is 12.1 Å². The Bertz CT molecular complexity index is 320. The zero-order chi connectivity index (χ0) is 8.39. The molecule has 0 N–H and O–H groups in total. The summed E-state index contributed by atoms with van der Waals surface area (Å²) in [6, 6.07) is 9.36. The quantitative estimate of drug-likeness (QED) is 0.625. The Labute approximate surface area is 69.5 Å². The van der Waals surface area contributed by atoms with Gasteiger partial charge in [-0.2, -0.15) is 0 Å². The largest absolute Gasteiger partial charge is 0.293 e. The molecule has 0 unspecified atom stereocenters. The first-order valence-electron chi connectivity index (χ1n) is 3.51. The lowest BCUT2D eigenvalue weighted by Gasteiger charge is -2.08. The smallest absolute Gasteiger partial charge is 0.268 e. The molecule has 0 aromatic heterocycles. The average Bonchev–Trinajstić information content (AvgIpc) is 2.54. The van der Waals surface area contributed by atoms with Crippen LogP contribution in [0.2, 0.25) is 0 Å². The molecule has 1 aromatic rings. The maximum atomic E-state index is 10.7. The minimum atomic E-state index is -0.321. The molecule has 0 saturated carbocycles. The van der Waals surface area contributed by atoms with Gasteiger partial charge in [-0.25, -0.2) is 5.01 Å². The summed E-state index contributed by atoms with van der Waals surface area (Å²) < 4.78 is 0. The Morgan fingerprint density at radius 2 is 1.92 bits per heavy atom. The lowest BCUT2D eigenvalue weighted by Crippen LogP contribution is -2.09. The summed E-state index contributed by atoms with van der Waals surface area (Å²) in [4.78, 5) is 10.7. The third-order valence-corrected chi connectivity index (χ3v) is 1.49. The van der Waals surface area contributed by atoms with Gasteiger partial charge in [-0.15, -0.1) is 0 Å². The number of rotatable bonds is 1. The summed E-state index contributed by atoms with van der Waals surface area (Å²) in [5.74, 6) is -0.321. The number of carbonyl (C=O) groups is 1. The van der Waals surface area contributed by atoms with E-state index in [9.17, 15) is 4.79 Å². The van der Waals surface area contributed by atoms with Crippen molar-refractivity contribution in [1.29, 1.82) is 0 Å². The molecule has 0 fully saturated rings. The standard InChI is InChI=1S/C8H6N3O/c12-8-6-11(10-9-8)7-4-2-1-3-5-7/h1-6H. The molecule has 0 saturated heterocycles. The number of para-hydroxylation sites is 1. The highest BCUT2D eigenvalue weighted by Gasteiger charge is 2.17. The van der Waals surface area contributed by atoms with Crippen molar-refractivity contribution in [3.63, 3.8) is 0 Å². The van der Waals surface area contributed by atoms with Gasteiger partial charge < -0.3 is 0 Å². The van der Waals surface area contributed by atoms with Gasteiger partial charge in [0.1, 0.15) is 0 Å². The zero-order valence-electron chi connectivity index (χ0n) is 6.21. The number of nitrogens with zero attached hydrogens (tertiary/aromatic N) is 3. The van der Waals surface area contributed by atoms with E-state index in [-0.39, 0.29) is 5.91 Å². The van der Waals surface area contributed by atoms with Gasteiger partial charge in [0.25, 0.3) is 5.91 Å². The SMILES string of the molecule is O=C1[CH]N(c2ccccc2)N=N1. The van der Waals surface area contributed by atoms with Crippen LogP contribution in [0, 0.1) is 6.54 Å². The van der Waals surface area contributed by atoms with Crippen molar-refractivity contribution in [3.05, 3.63) is 36.9 Å². The summed E-state index contributed by atoms with van der Waals surface area (Å²) in [7, 11) is 0. The van der Waals surface area contributed by atoms with Crippen LogP contribution < -0.4 is 5.01 Å². The van der Waals surface area contributed by atoms with Crippen LogP contribution in [0.5, 0.6) is 0 Å². The fourth-order valence-corrected chi connectivity index (χ4v) is 0.955. The topological polar surface area (TPSA) is 45.0 Å². The maximum Gasteiger partial charge on any atom is 0.293 e. The van der Waals surface area contributed by atoms with E-state index in [4.69, 9.17) is 0 Å². The van der Waals surface area contributed by atoms with Crippen molar-refractivity contribution in [2.45, 2.75) is 0 Å². The molecule has 0 bridgehead atoms. The summed E-state index contributed by atoms with van der Waals surface area (Å²) in [5, 5.41) is 8.44. The summed E-state index contributed by atoms with van der Waals surface area (Å²) >= 11 is 0. The minimum absolute atomic E-state index is 0.321. The highest BCUT2D eigenvalue weighted by molar-refractivity contribution is 5.90. The molecule has 4 heteroatoms. The molecule has 59 valence electrons. The second-order valence-corrected chi connectivity index (χ2v) is 2.34. The molecular weight excluding hydrogens is 154 g/mol. The summed E-state index contributed by atoms with van der Waals surface area (Å²) in [6.45, 7) is 1.34. The number of amides is 1. The van der Waals surface area contributed by atoms with Crippen molar-refractivity contribution >= 4 is 11.6 Å². The number of hydrogen-bond donors (Lipinski definition) is 0. The molecule has 1 heterocycles. The number of anilines is 1. The Morgan fingerprint density at radius 1 is 1.17 bits per heavy atom. The van der Waals surface area contributed by atoms with Crippen LogP contribution in [0.1, 0.15) is 0 Å². The van der Waals surface area contributed by atoms with E-state index in [2.05, 4.69) is 10.3 Å². The molecule has 1 amide bonds. The van der Waals surface area contributed by atoms with Crippen LogP contribution in [0.4, 0.5) is 5.69 Å². The van der Waals surface area contributed by atoms with E-state index in [0.717, 1.165) is 5.69 Å². The molecule has 4 nitrogen and oxygen atoms in total. The van der Waals surface area contributed by atoms with Crippen LogP contribution in [-0.4, -0.2) is 5.91 Å². The molecule has 0 spiro atoms. The van der Waals surface area contributed by atoms with Crippen molar-refractivity contribution in [2.24, 2.45) is 10.3 Å². The summed E-state index contributed by atoms with van der Waals surface area (Å²) in [6.07, 6.45) is 0. The lowest BCUT2D eigenvalue weighted by atomic mass is 10.3. The van der Waals surface area contributed by atoms with E-state index in [1.54, 1.807) is 0 Å². The van der Waals surface area contributed by atoms with Crippen LogP contribution in [0.15, 0.2) is 40.7 Å². The fraction of sp³-hybridized carbons (Fsp3) is 0. The van der Waals surface area contributed by atoms with E-state index in [0.29, 0.717) is 0 Å². The summed E-state index contributed by atoms with van der Waals surface area (Å²) in [5.41, 5.74) is 0.840. The van der Waals surface area contributed by atoms with Gasteiger partial charge in [-0.3, -0.25) is 4.79 Å². The minimum Gasteiger partial charge on any atom is -0.268 e. The van der Waals surface area contributed by atoms with Gasteiger partial charge in [0, 0.05) is 0 Å². The number of benzene rings is 1. The predicted octanol–water partition coefficient (Wildman–Crippen LogP) is 1.56. The third-order valence-electron chi connectivity index (χ3n) is 1.49. The van der Waals surface area contributed by atoms with Gasteiger partial charge >= 0.3 is 0 Å². The van der Waals surface area contributed by atoms with Crippen molar-refractivity contribution in [3.8, 4) is 0 Å². The molecule has 1 aliphatic rings. The first kappa shape index (κ1) is 6.97. The van der Waals surface area contributed by atoms with E-state index in [1.165, 1.54) is 11.6 Å². The Balaban J connectivity index is 2.23. The Kier molecular flexibility index (Phi) is 1.59. The lowest BCUT2D eigenvalue weighted by molar-refractivity contribution is -0.114. The van der Waals surface area contributed by atoms with E-state index >= 15 is 0 Å². The predicted molar refractivity (Wildman–Crippen MR) is 43.1 cm³/mol. The second-order valence-electron chi connectivity index (χ2n) is 2.34. The average molecular weight is 160 g/mol. The maximum absolute atomic E-state index is 10.7. The molecule has 1 aliphatic heterocycles. The van der Waals surface area contributed by atoms with Crippen molar-refractivity contribution in [1.82, 2.24) is 0 Å². The number of hydrogen-bond acceptors (Lipinski definition) is 3. The monoisotopic (exact) mass is 160 g/mol. The highest BCUT2D eigenvalue weighted by Crippen LogP contribution is 2.18. The fourth-order valence-electron chi connectivity index (χ4n) is 0.955. The molecule has 1 aromatic carbocycles.